The minimum absolute atomic E-state index is 0.197. The number of aromatic nitrogens is 1. The van der Waals surface area contributed by atoms with E-state index in [9.17, 15) is 18.0 Å². The molecular formula is C27H27F3N6O3. The highest BCUT2D eigenvalue weighted by Gasteiger charge is 2.31. The summed E-state index contributed by atoms with van der Waals surface area (Å²) >= 11 is 0. The summed E-state index contributed by atoms with van der Waals surface area (Å²) in [6, 6.07) is 17.4. The van der Waals surface area contributed by atoms with Crippen LogP contribution in [0.5, 0.6) is 0 Å². The molecule has 0 radical (unpaired) electrons. The van der Waals surface area contributed by atoms with Crippen LogP contribution < -0.4 is 11.1 Å². The lowest BCUT2D eigenvalue weighted by molar-refractivity contribution is -0.137. The number of hydrogen-bond acceptors (Lipinski definition) is 7. The Balaban J connectivity index is 0.000000771. The topological polar surface area (TPSA) is 135 Å². The molecule has 1 aliphatic heterocycles. The standard InChI is InChI=1S/C23H17F3N6O2.C4H10O/c24-23(25,26)14-10-11-17(29-12-14)19(27)34-22(28)32-20-21(33)30-16-9-5-4-8-15(16)18(31-20)13-6-2-1-3-7-13;1-3-4-5-2/h1-12,20,27H,(H2,28,32)(H,30,33);3-4H2,1-2H3. The van der Waals surface area contributed by atoms with E-state index in [1.807, 2.05) is 36.4 Å². The van der Waals surface area contributed by atoms with Gasteiger partial charge >= 0.3 is 6.18 Å². The van der Waals surface area contributed by atoms with Gasteiger partial charge in [-0.25, -0.2) is 4.99 Å². The molecule has 0 aliphatic carbocycles. The fourth-order valence-electron chi connectivity index (χ4n) is 3.36. The van der Waals surface area contributed by atoms with Crippen molar-refractivity contribution in [3.63, 3.8) is 0 Å². The second-order valence-corrected chi connectivity index (χ2v) is 8.07. The van der Waals surface area contributed by atoms with Crippen LogP contribution in [0.2, 0.25) is 0 Å². The fourth-order valence-corrected chi connectivity index (χ4v) is 3.36. The number of carbonyl (C=O) groups is 1. The number of para-hydroxylation sites is 1. The Kier molecular flexibility index (Phi) is 9.87. The number of halogens is 3. The molecule has 12 heteroatoms. The number of fused-ring (bicyclic) bond motifs is 1. The lowest BCUT2D eigenvalue weighted by Crippen LogP contribution is -2.29. The predicted octanol–water partition coefficient (Wildman–Crippen LogP) is 4.62. The normalized spacial score (nSPS) is 15.1. The number of aliphatic imine (C=N–C) groups is 2. The van der Waals surface area contributed by atoms with Gasteiger partial charge in [0.05, 0.1) is 17.0 Å². The third kappa shape index (κ3) is 7.95. The van der Waals surface area contributed by atoms with E-state index in [2.05, 4.69) is 27.2 Å². The molecule has 1 aliphatic rings. The van der Waals surface area contributed by atoms with Crippen molar-refractivity contribution in [3.8, 4) is 0 Å². The molecule has 4 N–H and O–H groups in total. The van der Waals surface area contributed by atoms with E-state index >= 15 is 0 Å². The number of anilines is 1. The maximum atomic E-state index is 12.8. The second kappa shape index (κ2) is 13.3. The largest absolute Gasteiger partial charge is 0.417 e. The predicted molar refractivity (Wildman–Crippen MR) is 142 cm³/mol. The number of alkyl halides is 3. The molecule has 2 aromatic carbocycles. The van der Waals surface area contributed by atoms with Gasteiger partial charge in [0, 0.05) is 31.0 Å². The second-order valence-electron chi connectivity index (χ2n) is 8.07. The Morgan fingerprint density at radius 3 is 2.38 bits per heavy atom. The van der Waals surface area contributed by atoms with Crippen LogP contribution >= 0.6 is 0 Å². The monoisotopic (exact) mass is 540 g/mol. The van der Waals surface area contributed by atoms with E-state index in [0.29, 0.717) is 23.2 Å². The number of nitrogens with zero attached hydrogens (tertiary/aromatic N) is 3. The highest BCUT2D eigenvalue weighted by molar-refractivity contribution is 6.19. The zero-order valence-corrected chi connectivity index (χ0v) is 21.2. The summed E-state index contributed by atoms with van der Waals surface area (Å²) in [5.41, 5.74) is 7.06. The number of carbonyl (C=O) groups excluding carboxylic acids is 1. The van der Waals surface area contributed by atoms with Gasteiger partial charge in [0.25, 0.3) is 11.9 Å². The fraction of sp³-hybridized carbons (Fsp3) is 0.222. The van der Waals surface area contributed by atoms with Gasteiger partial charge in [0.1, 0.15) is 5.69 Å². The van der Waals surface area contributed by atoms with E-state index < -0.39 is 35.7 Å². The zero-order chi connectivity index (χ0) is 28.4. The summed E-state index contributed by atoms with van der Waals surface area (Å²) in [5.74, 6) is -1.22. The minimum atomic E-state index is -4.56. The van der Waals surface area contributed by atoms with Gasteiger partial charge in [-0.05, 0) is 24.6 Å². The van der Waals surface area contributed by atoms with Crippen molar-refractivity contribution in [1.82, 2.24) is 4.98 Å². The van der Waals surface area contributed by atoms with Crippen molar-refractivity contribution in [2.24, 2.45) is 15.7 Å². The Morgan fingerprint density at radius 2 is 1.79 bits per heavy atom. The van der Waals surface area contributed by atoms with E-state index in [1.54, 1.807) is 25.3 Å². The number of amidine groups is 1. The summed E-state index contributed by atoms with van der Waals surface area (Å²) in [5, 5.41) is 10.7. The van der Waals surface area contributed by atoms with Crippen molar-refractivity contribution < 1.29 is 27.4 Å². The van der Waals surface area contributed by atoms with Gasteiger partial charge in [-0.15, -0.1) is 0 Å². The number of pyridine rings is 1. The maximum absolute atomic E-state index is 12.8. The van der Waals surface area contributed by atoms with Crippen LogP contribution in [0.1, 0.15) is 35.7 Å². The van der Waals surface area contributed by atoms with E-state index in [0.717, 1.165) is 30.7 Å². The molecule has 1 amide bonds. The van der Waals surface area contributed by atoms with Crippen molar-refractivity contribution in [1.29, 1.82) is 5.41 Å². The third-order valence-electron chi connectivity index (χ3n) is 5.16. The van der Waals surface area contributed by atoms with Crippen molar-refractivity contribution >= 4 is 29.2 Å². The summed E-state index contributed by atoms with van der Waals surface area (Å²) in [6.07, 6.45) is -4.20. The number of benzene rings is 2. The lowest BCUT2D eigenvalue weighted by atomic mass is 10.0. The molecule has 0 saturated carbocycles. The molecule has 4 rings (SSSR count). The number of amides is 1. The van der Waals surface area contributed by atoms with Gasteiger partial charge in [-0.1, -0.05) is 55.5 Å². The number of nitrogens with one attached hydrogen (secondary N) is 2. The molecule has 1 unspecified atom stereocenters. The Labute approximate surface area is 223 Å². The average Bonchev–Trinajstić information content (AvgIpc) is 3.05. The molecule has 39 heavy (non-hydrogen) atoms. The van der Waals surface area contributed by atoms with Crippen LogP contribution in [-0.2, 0) is 20.4 Å². The van der Waals surface area contributed by atoms with Crippen LogP contribution in [0.15, 0.2) is 82.9 Å². The van der Waals surface area contributed by atoms with Gasteiger partial charge in [-0.2, -0.15) is 18.2 Å². The average molecular weight is 541 g/mol. The van der Waals surface area contributed by atoms with Gasteiger partial charge < -0.3 is 20.5 Å². The molecule has 0 fully saturated rings. The zero-order valence-electron chi connectivity index (χ0n) is 21.2. The van der Waals surface area contributed by atoms with Crippen LogP contribution in [0, 0.1) is 5.41 Å². The third-order valence-corrected chi connectivity index (χ3v) is 5.16. The quantitative estimate of drug-likeness (QED) is 0.321. The molecule has 1 aromatic heterocycles. The SMILES string of the molecule is CCCOC.N=C(O/C(N)=N/C1N=C(c2ccccc2)c2ccccc2NC1=O)c1ccc(C(F)(F)F)cn1. The molecule has 2 heterocycles. The maximum Gasteiger partial charge on any atom is 0.417 e. The Hall–Kier alpha value is -4.58. The number of benzodiazepines with no additional fused rings is 1. The number of rotatable bonds is 5. The number of methoxy groups -OCH3 is 1. The number of hydrogen-bond donors (Lipinski definition) is 3. The molecule has 3 aromatic rings. The summed E-state index contributed by atoms with van der Waals surface area (Å²) < 4.78 is 47.9. The summed E-state index contributed by atoms with van der Waals surface area (Å²) in [7, 11) is 1.71. The summed E-state index contributed by atoms with van der Waals surface area (Å²) in [4.78, 5) is 24.8. The first kappa shape index (κ1) is 29.0. The van der Waals surface area contributed by atoms with E-state index in [4.69, 9.17) is 20.6 Å². The number of nitrogens with two attached hydrogens (primary N) is 1. The van der Waals surface area contributed by atoms with Crippen LogP contribution in [0.3, 0.4) is 0 Å². The van der Waals surface area contributed by atoms with Crippen molar-refractivity contribution in [3.05, 3.63) is 95.3 Å². The summed E-state index contributed by atoms with van der Waals surface area (Å²) in [6.45, 7) is 2.98. The smallest absolute Gasteiger partial charge is 0.405 e. The molecule has 0 saturated heterocycles. The van der Waals surface area contributed by atoms with E-state index in [-0.39, 0.29) is 5.69 Å². The van der Waals surface area contributed by atoms with Crippen LogP contribution in [0.25, 0.3) is 0 Å². The van der Waals surface area contributed by atoms with Gasteiger partial charge in [0.15, 0.2) is 0 Å². The molecule has 1 atom stereocenters. The Bertz CT molecular complexity index is 1340. The van der Waals surface area contributed by atoms with Crippen LogP contribution in [0.4, 0.5) is 18.9 Å². The molecule has 0 spiro atoms. The molecule has 0 bridgehead atoms. The van der Waals surface area contributed by atoms with Gasteiger partial charge in [0.2, 0.25) is 12.1 Å². The first-order valence-electron chi connectivity index (χ1n) is 11.8. The molecular weight excluding hydrogens is 513 g/mol. The first-order chi connectivity index (χ1) is 18.6. The lowest BCUT2D eigenvalue weighted by Gasteiger charge is -2.10. The number of ether oxygens (including phenoxy) is 2. The minimum Gasteiger partial charge on any atom is -0.405 e. The highest BCUT2D eigenvalue weighted by Crippen LogP contribution is 2.28. The molecule has 9 nitrogen and oxygen atoms in total. The van der Waals surface area contributed by atoms with Crippen LogP contribution in [-0.4, -0.2) is 48.4 Å². The first-order valence-corrected chi connectivity index (χ1v) is 11.8. The van der Waals surface area contributed by atoms with Gasteiger partial charge in [-0.3, -0.25) is 15.2 Å². The van der Waals surface area contributed by atoms with Crippen molar-refractivity contribution in [2.75, 3.05) is 19.0 Å². The Morgan fingerprint density at radius 1 is 1.10 bits per heavy atom. The highest BCUT2D eigenvalue weighted by atomic mass is 19.4. The van der Waals surface area contributed by atoms with E-state index in [1.165, 1.54) is 0 Å². The van der Waals surface area contributed by atoms with Crippen molar-refractivity contribution in [2.45, 2.75) is 25.7 Å². The molecule has 204 valence electrons.